The van der Waals surface area contributed by atoms with Crippen LogP contribution in [-0.2, 0) is 0 Å². The Labute approximate surface area is 135 Å². The Hall–Kier alpha value is -1.06. The topological polar surface area (TPSA) is 35.5 Å². The molecule has 0 spiro atoms. The molecule has 1 aromatic carbocycles. The van der Waals surface area contributed by atoms with Gasteiger partial charge in [0, 0.05) is 30.9 Å². The average molecular weight is 304 g/mol. The first-order valence-corrected chi connectivity index (χ1v) is 8.80. The van der Waals surface area contributed by atoms with E-state index in [1.54, 1.807) is 0 Å². The Kier molecular flexibility index (Phi) is 6.27. The van der Waals surface area contributed by atoms with E-state index in [-0.39, 0.29) is 6.10 Å². The van der Waals surface area contributed by atoms with Crippen LogP contribution in [0.25, 0.3) is 0 Å². The average Bonchev–Trinajstić information content (AvgIpc) is 2.54. The van der Waals surface area contributed by atoms with Crippen molar-refractivity contribution in [2.24, 2.45) is 5.92 Å². The highest BCUT2D eigenvalue weighted by Gasteiger charge is 2.18. The summed E-state index contributed by atoms with van der Waals surface area (Å²) in [6.45, 7) is 11.0. The highest BCUT2D eigenvalue weighted by atomic mass is 16.3. The summed E-state index contributed by atoms with van der Waals surface area (Å²) in [5.41, 5.74) is 2.62. The molecule has 0 aromatic heterocycles. The van der Waals surface area contributed by atoms with Gasteiger partial charge in [0.15, 0.2) is 0 Å². The number of hydrogen-bond acceptors (Lipinski definition) is 3. The highest BCUT2D eigenvalue weighted by Crippen LogP contribution is 2.23. The molecule has 3 atom stereocenters. The molecule has 2 N–H and O–H groups in total. The molecule has 1 fully saturated rings. The monoisotopic (exact) mass is 304 g/mol. The number of nitrogens with zero attached hydrogens (tertiary/aromatic N) is 1. The molecule has 1 aliphatic heterocycles. The zero-order valence-corrected chi connectivity index (χ0v) is 14.5. The van der Waals surface area contributed by atoms with Gasteiger partial charge in [-0.05, 0) is 50.3 Å². The van der Waals surface area contributed by atoms with E-state index in [1.807, 2.05) is 0 Å². The fraction of sp³-hybridized carbons (Fsp3) is 0.684. The van der Waals surface area contributed by atoms with Crippen molar-refractivity contribution in [3.05, 3.63) is 29.8 Å². The first-order valence-electron chi connectivity index (χ1n) is 8.80. The van der Waals surface area contributed by atoms with Crippen LogP contribution >= 0.6 is 0 Å². The van der Waals surface area contributed by atoms with Crippen molar-refractivity contribution in [2.75, 3.05) is 18.0 Å². The predicted molar refractivity (Wildman–Crippen MR) is 94.4 cm³/mol. The molecular weight excluding hydrogens is 272 g/mol. The van der Waals surface area contributed by atoms with Gasteiger partial charge < -0.3 is 15.3 Å². The predicted octanol–water partition coefficient (Wildman–Crippen LogP) is 3.73. The van der Waals surface area contributed by atoms with E-state index >= 15 is 0 Å². The maximum absolute atomic E-state index is 9.60. The maximum atomic E-state index is 9.60. The lowest BCUT2D eigenvalue weighted by Crippen LogP contribution is -2.36. The van der Waals surface area contributed by atoms with Crippen LogP contribution in [0.4, 0.5) is 5.69 Å². The summed E-state index contributed by atoms with van der Waals surface area (Å²) < 4.78 is 0. The second-order valence-corrected chi connectivity index (χ2v) is 6.87. The summed E-state index contributed by atoms with van der Waals surface area (Å²) in [4.78, 5) is 2.37. The van der Waals surface area contributed by atoms with E-state index < -0.39 is 0 Å². The lowest BCUT2D eigenvalue weighted by molar-refractivity contribution is 0.145. The molecule has 1 aromatic rings. The van der Waals surface area contributed by atoms with Gasteiger partial charge in [0.1, 0.15) is 0 Å². The minimum absolute atomic E-state index is 0.109. The molecule has 0 aliphatic carbocycles. The number of nitrogens with one attached hydrogen (secondary N) is 1. The quantitative estimate of drug-likeness (QED) is 0.840. The highest BCUT2D eigenvalue weighted by molar-refractivity contribution is 5.48. The standard InChI is InChI=1S/C19H32N2O/c1-5-14(2)15(3)20-16(4)17-6-8-18(9-7-17)21-12-10-19(22)11-13-21/h6-9,14-16,19-20,22H,5,10-13H2,1-4H3. The SMILES string of the molecule is CCC(C)C(C)NC(C)c1ccc(N2CCC(O)CC2)cc1. The Morgan fingerprint density at radius 2 is 1.73 bits per heavy atom. The van der Waals surface area contributed by atoms with Crippen molar-refractivity contribution in [3.8, 4) is 0 Å². The second-order valence-electron chi connectivity index (χ2n) is 6.87. The molecule has 3 unspecified atom stereocenters. The molecule has 1 saturated heterocycles. The normalized spacial score (nSPS) is 20.7. The Balaban J connectivity index is 1.93. The summed E-state index contributed by atoms with van der Waals surface area (Å²) in [7, 11) is 0. The number of rotatable bonds is 6. The van der Waals surface area contributed by atoms with Gasteiger partial charge >= 0.3 is 0 Å². The molecule has 3 nitrogen and oxygen atoms in total. The van der Waals surface area contributed by atoms with Crippen molar-refractivity contribution in [2.45, 2.75) is 65.1 Å². The Morgan fingerprint density at radius 3 is 2.27 bits per heavy atom. The van der Waals surface area contributed by atoms with Gasteiger partial charge in [-0.1, -0.05) is 32.4 Å². The minimum Gasteiger partial charge on any atom is -0.393 e. The van der Waals surface area contributed by atoms with Crippen molar-refractivity contribution in [1.29, 1.82) is 0 Å². The van der Waals surface area contributed by atoms with Gasteiger partial charge in [-0.3, -0.25) is 0 Å². The molecule has 124 valence electrons. The Bertz CT molecular complexity index is 437. The number of anilines is 1. The number of benzene rings is 1. The number of aliphatic hydroxyl groups is 1. The molecule has 0 amide bonds. The van der Waals surface area contributed by atoms with Gasteiger partial charge in [-0.2, -0.15) is 0 Å². The third-order valence-corrected chi connectivity index (χ3v) is 5.23. The molecule has 2 rings (SSSR count). The summed E-state index contributed by atoms with van der Waals surface area (Å²) in [6, 6.07) is 9.82. The smallest absolute Gasteiger partial charge is 0.0574 e. The summed E-state index contributed by atoms with van der Waals surface area (Å²) in [5, 5.41) is 13.3. The van der Waals surface area contributed by atoms with Crippen LogP contribution in [0.1, 0.15) is 58.6 Å². The molecule has 22 heavy (non-hydrogen) atoms. The van der Waals surface area contributed by atoms with Crippen LogP contribution < -0.4 is 10.2 Å². The summed E-state index contributed by atoms with van der Waals surface area (Å²) in [5.74, 6) is 0.696. The van der Waals surface area contributed by atoms with Crippen LogP contribution in [-0.4, -0.2) is 30.3 Å². The van der Waals surface area contributed by atoms with Crippen molar-refractivity contribution >= 4 is 5.69 Å². The van der Waals surface area contributed by atoms with Crippen LogP contribution in [0.3, 0.4) is 0 Å². The summed E-state index contributed by atoms with van der Waals surface area (Å²) >= 11 is 0. The lowest BCUT2D eigenvalue weighted by Gasteiger charge is -2.32. The third kappa shape index (κ3) is 4.47. The van der Waals surface area contributed by atoms with E-state index in [2.05, 4.69) is 62.2 Å². The van der Waals surface area contributed by atoms with E-state index in [1.165, 1.54) is 17.7 Å². The first-order chi connectivity index (χ1) is 10.5. The van der Waals surface area contributed by atoms with Gasteiger partial charge in [0.25, 0.3) is 0 Å². The van der Waals surface area contributed by atoms with Gasteiger partial charge in [-0.15, -0.1) is 0 Å². The fourth-order valence-electron chi connectivity index (χ4n) is 3.11. The molecule has 0 bridgehead atoms. The third-order valence-electron chi connectivity index (χ3n) is 5.23. The molecule has 3 heteroatoms. The number of piperidine rings is 1. The van der Waals surface area contributed by atoms with E-state index in [9.17, 15) is 5.11 Å². The molecule has 0 radical (unpaired) electrons. The van der Waals surface area contributed by atoms with Crippen molar-refractivity contribution in [3.63, 3.8) is 0 Å². The number of aliphatic hydroxyl groups excluding tert-OH is 1. The number of hydrogen-bond donors (Lipinski definition) is 2. The molecule has 0 saturated carbocycles. The van der Waals surface area contributed by atoms with E-state index in [4.69, 9.17) is 0 Å². The van der Waals surface area contributed by atoms with Crippen molar-refractivity contribution in [1.82, 2.24) is 5.32 Å². The van der Waals surface area contributed by atoms with Crippen LogP contribution in [0, 0.1) is 5.92 Å². The van der Waals surface area contributed by atoms with Gasteiger partial charge in [0.05, 0.1) is 6.10 Å². The molecule has 1 aliphatic rings. The van der Waals surface area contributed by atoms with Crippen LogP contribution in [0.2, 0.25) is 0 Å². The zero-order chi connectivity index (χ0) is 16.1. The Morgan fingerprint density at radius 1 is 1.14 bits per heavy atom. The van der Waals surface area contributed by atoms with Gasteiger partial charge in [-0.25, -0.2) is 0 Å². The van der Waals surface area contributed by atoms with Crippen LogP contribution in [0.15, 0.2) is 24.3 Å². The van der Waals surface area contributed by atoms with E-state index in [0.29, 0.717) is 18.0 Å². The van der Waals surface area contributed by atoms with Gasteiger partial charge in [0.2, 0.25) is 0 Å². The minimum atomic E-state index is -0.109. The zero-order valence-electron chi connectivity index (χ0n) is 14.5. The lowest BCUT2D eigenvalue weighted by atomic mass is 9.98. The van der Waals surface area contributed by atoms with E-state index in [0.717, 1.165) is 25.9 Å². The summed E-state index contributed by atoms with van der Waals surface area (Å²) in [6.07, 6.45) is 2.86. The largest absolute Gasteiger partial charge is 0.393 e. The molecular formula is C19H32N2O. The first kappa shape index (κ1) is 17.3. The molecule has 1 heterocycles. The second kappa shape index (κ2) is 7.98. The maximum Gasteiger partial charge on any atom is 0.0574 e. The van der Waals surface area contributed by atoms with Crippen LogP contribution in [0.5, 0.6) is 0 Å². The fourth-order valence-corrected chi connectivity index (χ4v) is 3.11. The van der Waals surface area contributed by atoms with Crippen molar-refractivity contribution < 1.29 is 5.11 Å².